The molecule has 0 aliphatic heterocycles. The molecule has 1 N–H and O–H groups in total. The van der Waals surface area contributed by atoms with Gasteiger partial charge in [-0.1, -0.05) is 35.5 Å². The van der Waals surface area contributed by atoms with Gasteiger partial charge < -0.3 is 5.11 Å². The zero-order valence-electron chi connectivity index (χ0n) is 11.3. The highest BCUT2D eigenvalue weighted by Crippen LogP contribution is 2.24. The van der Waals surface area contributed by atoms with Gasteiger partial charge in [-0.2, -0.15) is 5.26 Å². The van der Waals surface area contributed by atoms with E-state index in [4.69, 9.17) is 5.11 Å². The maximum Gasteiger partial charge on any atom is 0.335 e. The van der Waals surface area contributed by atoms with Crippen LogP contribution in [0.5, 0.6) is 0 Å². The number of hydrogen-bond donors (Lipinski definition) is 1. The molecule has 2 aromatic carbocycles. The van der Waals surface area contributed by atoms with Crippen LogP contribution in [0.4, 0.5) is 0 Å². The molecule has 22 heavy (non-hydrogen) atoms. The molecule has 3 rings (SSSR count). The Morgan fingerprint density at radius 1 is 1.09 bits per heavy atom. The van der Waals surface area contributed by atoms with Crippen LogP contribution < -0.4 is 0 Å². The minimum Gasteiger partial charge on any atom is -0.478 e. The molecule has 3 aromatic rings. The van der Waals surface area contributed by atoms with Crippen molar-refractivity contribution in [1.29, 1.82) is 5.26 Å². The summed E-state index contributed by atoms with van der Waals surface area (Å²) in [6.07, 6.45) is 0. The summed E-state index contributed by atoms with van der Waals surface area (Å²) in [5, 5.41) is 26.0. The number of nitriles is 1. The highest BCUT2D eigenvalue weighted by atomic mass is 16.4. The summed E-state index contributed by atoms with van der Waals surface area (Å²) in [5.41, 5.74) is 2.43. The summed E-state index contributed by atoms with van der Waals surface area (Å²) in [7, 11) is 0. The summed E-state index contributed by atoms with van der Waals surface area (Å²) >= 11 is 0. The smallest absolute Gasteiger partial charge is 0.335 e. The SMILES string of the molecule is N#Cc1nnn(-c2ccc(C(=O)O)cc2)c1-c1ccccc1. The first-order chi connectivity index (χ1) is 10.7. The highest BCUT2D eigenvalue weighted by Gasteiger charge is 2.16. The summed E-state index contributed by atoms with van der Waals surface area (Å²) in [6, 6.07) is 17.6. The van der Waals surface area contributed by atoms with Gasteiger partial charge in [0, 0.05) is 5.56 Å². The number of aromatic nitrogens is 3. The fourth-order valence-corrected chi connectivity index (χ4v) is 2.14. The van der Waals surface area contributed by atoms with Crippen molar-refractivity contribution in [2.75, 3.05) is 0 Å². The summed E-state index contributed by atoms with van der Waals surface area (Å²) in [6.45, 7) is 0. The number of hydrogen-bond acceptors (Lipinski definition) is 4. The summed E-state index contributed by atoms with van der Waals surface area (Å²) in [4.78, 5) is 10.9. The largest absolute Gasteiger partial charge is 0.478 e. The fraction of sp³-hybridized carbons (Fsp3) is 0. The zero-order chi connectivity index (χ0) is 15.5. The summed E-state index contributed by atoms with van der Waals surface area (Å²) in [5.74, 6) is -0.994. The first-order valence-electron chi connectivity index (χ1n) is 6.45. The van der Waals surface area contributed by atoms with E-state index in [9.17, 15) is 10.1 Å². The monoisotopic (exact) mass is 290 g/mol. The quantitative estimate of drug-likeness (QED) is 0.800. The molecule has 0 fully saturated rings. The van der Waals surface area contributed by atoms with Crippen molar-refractivity contribution in [2.24, 2.45) is 0 Å². The van der Waals surface area contributed by atoms with Crippen LogP contribution in [-0.4, -0.2) is 26.1 Å². The van der Waals surface area contributed by atoms with Crippen molar-refractivity contribution >= 4 is 5.97 Å². The number of carboxylic acid groups (broad SMARTS) is 1. The molecule has 0 unspecified atom stereocenters. The predicted molar refractivity (Wildman–Crippen MR) is 78.5 cm³/mol. The van der Waals surface area contributed by atoms with E-state index in [0.29, 0.717) is 11.4 Å². The van der Waals surface area contributed by atoms with E-state index < -0.39 is 5.97 Å². The van der Waals surface area contributed by atoms with Crippen molar-refractivity contribution in [3.8, 4) is 23.0 Å². The Kier molecular flexibility index (Phi) is 3.38. The number of aromatic carboxylic acids is 1. The van der Waals surface area contributed by atoms with Gasteiger partial charge in [0.15, 0.2) is 5.69 Å². The van der Waals surface area contributed by atoms with Crippen molar-refractivity contribution in [2.45, 2.75) is 0 Å². The van der Waals surface area contributed by atoms with Crippen LogP contribution in [0.2, 0.25) is 0 Å². The van der Waals surface area contributed by atoms with Crippen molar-refractivity contribution in [3.63, 3.8) is 0 Å². The second-order valence-corrected chi connectivity index (χ2v) is 4.53. The van der Waals surface area contributed by atoms with E-state index in [1.807, 2.05) is 36.4 Å². The molecule has 0 atom stereocenters. The molecule has 106 valence electrons. The van der Waals surface area contributed by atoms with E-state index in [2.05, 4.69) is 10.3 Å². The Bertz CT molecular complexity index is 861. The lowest BCUT2D eigenvalue weighted by molar-refractivity contribution is 0.0697. The lowest BCUT2D eigenvalue weighted by Gasteiger charge is -2.07. The molecule has 0 saturated carbocycles. The first kappa shape index (κ1) is 13.5. The lowest BCUT2D eigenvalue weighted by atomic mass is 10.1. The predicted octanol–water partition coefficient (Wildman–Crippen LogP) is 2.50. The van der Waals surface area contributed by atoms with E-state index in [1.165, 1.54) is 16.8 Å². The topological polar surface area (TPSA) is 91.8 Å². The van der Waals surface area contributed by atoms with Gasteiger partial charge in [-0.05, 0) is 24.3 Å². The molecule has 0 spiro atoms. The molecule has 0 aliphatic carbocycles. The Morgan fingerprint density at radius 2 is 1.77 bits per heavy atom. The molecule has 0 aliphatic rings. The number of carbonyl (C=O) groups is 1. The van der Waals surface area contributed by atoms with Crippen LogP contribution in [0.15, 0.2) is 54.6 Å². The fourth-order valence-electron chi connectivity index (χ4n) is 2.14. The van der Waals surface area contributed by atoms with Crippen molar-refractivity contribution in [3.05, 3.63) is 65.9 Å². The number of benzene rings is 2. The maximum absolute atomic E-state index is 10.9. The van der Waals surface area contributed by atoms with E-state index in [-0.39, 0.29) is 11.3 Å². The van der Waals surface area contributed by atoms with E-state index in [0.717, 1.165) is 5.56 Å². The van der Waals surface area contributed by atoms with Gasteiger partial charge in [0.1, 0.15) is 11.8 Å². The molecule has 0 bridgehead atoms. The molecule has 0 amide bonds. The van der Waals surface area contributed by atoms with Crippen molar-refractivity contribution in [1.82, 2.24) is 15.0 Å². The van der Waals surface area contributed by atoms with Crippen LogP contribution in [0, 0.1) is 11.3 Å². The molecule has 0 saturated heterocycles. The van der Waals surface area contributed by atoms with Gasteiger partial charge in [0.05, 0.1) is 11.3 Å². The summed E-state index contributed by atoms with van der Waals surface area (Å²) < 4.78 is 1.53. The van der Waals surface area contributed by atoms with Crippen LogP contribution >= 0.6 is 0 Å². The second-order valence-electron chi connectivity index (χ2n) is 4.53. The third-order valence-electron chi connectivity index (χ3n) is 3.18. The van der Waals surface area contributed by atoms with Gasteiger partial charge in [-0.15, -0.1) is 5.10 Å². The van der Waals surface area contributed by atoms with Crippen LogP contribution in [0.3, 0.4) is 0 Å². The zero-order valence-corrected chi connectivity index (χ0v) is 11.3. The van der Waals surface area contributed by atoms with Crippen LogP contribution in [-0.2, 0) is 0 Å². The van der Waals surface area contributed by atoms with Gasteiger partial charge >= 0.3 is 5.97 Å². The minimum absolute atomic E-state index is 0.186. The normalized spacial score (nSPS) is 10.1. The van der Waals surface area contributed by atoms with Gasteiger partial charge in [0.2, 0.25) is 0 Å². The molecular formula is C16H10N4O2. The first-order valence-corrected chi connectivity index (χ1v) is 6.45. The molecule has 0 radical (unpaired) electrons. The van der Waals surface area contributed by atoms with Crippen LogP contribution in [0.1, 0.15) is 16.1 Å². The third kappa shape index (κ3) is 2.31. The number of rotatable bonds is 3. The molecule has 6 nitrogen and oxygen atoms in total. The van der Waals surface area contributed by atoms with Crippen molar-refractivity contribution < 1.29 is 9.90 Å². The van der Waals surface area contributed by atoms with Crippen LogP contribution in [0.25, 0.3) is 16.9 Å². The van der Waals surface area contributed by atoms with E-state index >= 15 is 0 Å². The van der Waals surface area contributed by atoms with Gasteiger partial charge in [0.25, 0.3) is 0 Å². The average Bonchev–Trinajstić information content (AvgIpc) is 2.99. The Labute approximate surface area is 125 Å². The second kappa shape index (κ2) is 5.50. The molecular weight excluding hydrogens is 280 g/mol. The average molecular weight is 290 g/mol. The number of carboxylic acids is 1. The van der Waals surface area contributed by atoms with E-state index in [1.54, 1.807) is 12.1 Å². The minimum atomic E-state index is -0.994. The molecule has 1 heterocycles. The third-order valence-corrected chi connectivity index (χ3v) is 3.18. The number of nitrogens with zero attached hydrogens (tertiary/aromatic N) is 4. The maximum atomic E-state index is 10.9. The van der Waals surface area contributed by atoms with Gasteiger partial charge in [-0.25, -0.2) is 9.48 Å². The standard InChI is InChI=1S/C16H10N4O2/c17-10-14-15(11-4-2-1-3-5-11)20(19-18-14)13-8-6-12(7-9-13)16(21)22/h1-9H,(H,21,22). The Balaban J connectivity index is 2.14. The van der Waals surface area contributed by atoms with Gasteiger partial charge in [-0.3, -0.25) is 0 Å². The Hall–Kier alpha value is -3.46. The highest BCUT2D eigenvalue weighted by molar-refractivity contribution is 5.87. The lowest BCUT2D eigenvalue weighted by Crippen LogP contribution is -2.01. The Morgan fingerprint density at radius 3 is 2.36 bits per heavy atom. The molecule has 1 aromatic heterocycles. The molecule has 6 heteroatoms.